The fourth-order valence-electron chi connectivity index (χ4n) is 1.22. The minimum Gasteiger partial charge on any atom is -0.366 e. The van der Waals surface area contributed by atoms with Gasteiger partial charge in [-0.2, -0.15) is 0 Å². The van der Waals surface area contributed by atoms with Crippen molar-refractivity contribution in [3.05, 3.63) is 29.3 Å². The standard InChI is InChI=1S/C10H11ClN2O2/c1-6-7(10(12)15)3-2-4-8(6)13-9(14)5-11/h2-4H,5H2,1H3,(H2,12,15)(H,13,14). The smallest absolute Gasteiger partial charge is 0.249 e. The van der Waals surface area contributed by atoms with E-state index in [1.807, 2.05) is 0 Å². The van der Waals surface area contributed by atoms with E-state index in [1.165, 1.54) is 0 Å². The third-order valence-corrected chi connectivity index (χ3v) is 2.24. The first-order chi connectivity index (χ1) is 7.06. The third-order valence-electron chi connectivity index (χ3n) is 1.99. The number of carbonyl (C=O) groups is 2. The van der Waals surface area contributed by atoms with Crippen LogP contribution in [-0.2, 0) is 4.79 Å². The van der Waals surface area contributed by atoms with Crippen molar-refractivity contribution < 1.29 is 9.59 Å². The Labute approximate surface area is 92.4 Å². The van der Waals surface area contributed by atoms with Gasteiger partial charge in [-0.3, -0.25) is 9.59 Å². The summed E-state index contributed by atoms with van der Waals surface area (Å²) in [6.07, 6.45) is 0. The Morgan fingerprint density at radius 1 is 1.47 bits per heavy atom. The van der Waals surface area contributed by atoms with Gasteiger partial charge < -0.3 is 11.1 Å². The summed E-state index contributed by atoms with van der Waals surface area (Å²) < 4.78 is 0. The second kappa shape index (κ2) is 4.79. The van der Waals surface area contributed by atoms with Gasteiger partial charge in [-0.15, -0.1) is 11.6 Å². The number of primary amides is 1. The van der Waals surface area contributed by atoms with Crippen LogP contribution in [0.2, 0.25) is 0 Å². The molecule has 0 aliphatic carbocycles. The van der Waals surface area contributed by atoms with Crippen LogP contribution in [0.5, 0.6) is 0 Å². The van der Waals surface area contributed by atoms with E-state index in [0.717, 1.165) is 0 Å². The number of hydrogen-bond acceptors (Lipinski definition) is 2. The number of nitrogens with two attached hydrogens (primary N) is 1. The summed E-state index contributed by atoms with van der Waals surface area (Å²) in [5, 5.41) is 2.58. The number of halogens is 1. The lowest BCUT2D eigenvalue weighted by atomic mass is 10.1. The van der Waals surface area contributed by atoms with Crippen LogP contribution in [0.15, 0.2) is 18.2 Å². The predicted molar refractivity (Wildman–Crippen MR) is 59.0 cm³/mol. The van der Waals surface area contributed by atoms with Gasteiger partial charge in [-0.25, -0.2) is 0 Å². The Morgan fingerprint density at radius 2 is 2.13 bits per heavy atom. The van der Waals surface area contributed by atoms with Crippen LogP contribution in [-0.4, -0.2) is 17.7 Å². The Hall–Kier alpha value is -1.55. The van der Waals surface area contributed by atoms with Crippen LogP contribution in [0.3, 0.4) is 0 Å². The molecule has 0 radical (unpaired) electrons. The summed E-state index contributed by atoms with van der Waals surface area (Å²) in [4.78, 5) is 22.1. The number of amides is 2. The summed E-state index contributed by atoms with van der Waals surface area (Å²) in [7, 11) is 0. The molecule has 1 rings (SSSR count). The van der Waals surface area contributed by atoms with Crippen LogP contribution in [0.1, 0.15) is 15.9 Å². The van der Waals surface area contributed by atoms with Crippen LogP contribution < -0.4 is 11.1 Å². The monoisotopic (exact) mass is 226 g/mol. The zero-order valence-electron chi connectivity index (χ0n) is 8.21. The van der Waals surface area contributed by atoms with Gasteiger partial charge in [0.05, 0.1) is 0 Å². The van der Waals surface area contributed by atoms with Crippen molar-refractivity contribution in [2.75, 3.05) is 11.2 Å². The maximum Gasteiger partial charge on any atom is 0.249 e. The molecule has 5 heteroatoms. The minimum absolute atomic E-state index is 0.125. The molecule has 0 saturated carbocycles. The lowest BCUT2D eigenvalue weighted by Gasteiger charge is -2.09. The lowest BCUT2D eigenvalue weighted by molar-refractivity contribution is -0.113. The van der Waals surface area contributed by atoms with Crippen molar-refractivity contribution >= 4 is 29.1 Å². The minimum atomic E-state index is -0.519. The van der Waals surface area contributed by atoms with E-state index in [1.54, 1.807) is 25.1 Å². The molecule has 0 heterocycles. The van der Waals surface area contributed by atoms with Gasteiger partial charge in [0, 0.05) is 11.3 Å². The molecule has 3 N–H and O–H groups in total. The van der Waals surface area contributed by atoms with Crippen molar-refractivity contribution in [3.63, 3.8) is 0 Å². The first-order valence-corrected chi connectivity index (χ1v) is 4.85. The third kappa shape index (κ3) is 2.70. The van der Waals surface area contributed by atoms with E-state index in [2.05, 4.69) is 5.32 Å². The molecular formula is C10H11ClN2O2. The summed E-state index contributed by atoms with van der Waals surface area (Å²) in [6.45, 7) is 1.71. The molecule has 0 saturated heterocycles. The number of rotatable bonds is 3. The lowest BCUT2D eigenvalue weighted by Crippen LogP contribution is -2.17. The Morgan fingerprint density at radius 3 is 2.67 bits per heavy atom. The van der Waals surface area contributed by atoms with Crippen LogP contribution in [0.25, 0.3) is 0 Å². The molecule has 0 aliphatic rings. The molecule has 0 unspecified atom stereocenters. The highest BCUT2D eigenvalue weighted by Gasteiger charge is 2.09. The zero-order valence-corrected chi connectivity index (χ0v) is 8.97. The second-order valence-electron chi connectivity index (χ2n) is 3.02. The maximum absolute atomic E-state index is 11.1. The summed E-state index contributed by atoms with van der Waals surface area (Å²) in [5.41, 5.74) is 6.75. The molecule has 0 aliphatic heterocycles. The van der Waals surface area contributed by atoms with E-state index in [0.29, 0.717) is 16.8 Å². The van der Waals surface area contributed by atoms with E-state index in [4.69, 9.17) is 17.3 Å². The highest BCUT2D eigenvalue weighted by molar-refractivity contribution is 6.29. The predicted octanol–water partition coefficient (Wildman–Crippen LogP) is 1.27. The molecule has 1 aromatic rings. The normalized spacial score (nSPS) is 9.73. The number of alkyl halides is 1. The highest BCUT2D eigenvalue weighted by Crippen LogP contribution is 2.18. The van der Waals surface area contributed by atoms with Gasteiger partial charge in [-0.1, -0.05) is 6.07 Å². The molecule has 15 heavy (non-hydrogen) atoms. The van der Waals surface area contributed by atoms with E-state index in [-0.39, 0.29) is 11.8 Å². The molecule has 0 bridgehead atoms. The van der Waals surface area contributed by atoms with Crippen LogP contribution in [0.4, 0.5) is 5.69 Å². The summed E-state index contributed by atoms with van der Waals surface area (Å²) >= 11 is 5.35. The molecule has 1 aromatic carbocycles. The average molecular weight is 227 g/mol. The highest BCUT2D eigenvalue weighted by atomic mass is 35.5. The topological polar surface area (TPSA) is 72.2 Å². The SMILES string of the molecule is Cc1c(NC(=O)CCl)cccc1C(N)=O. The van der Waals surface area contributed by atoms with Gasteiger partial charge >= 0.3 is 0 Å². The largest absolute Gasteiger partial charge is 0.366 e. The summed E-state index contributed by atoms with van der Waals surface area (Å²) in [5.74, 6) is -0.962. The zero-order chi connectivity index (χ0) is 11.4. The number of nitrogens with one attached hydrogen (secondary N) is 1. The molecule has 0 atom stereocenters. The quantitative estimate of drug-likeness (QED) is 0.762. The molecule has 0 spiro atoms. The first kappa shape index (κ1) is 11.5. The van der Waals surface area contributed by atoms with Gasteiger partial charge in [-0.05, 0) is 24.6 Å². The first-order valence-electron chi connectivity index (χ1n) is 4.31. The number of carbonyl (C=O) groups excluding carboxylic acids is 2. The van der Waals surface area contributed by atoms with Crippen molar-refractivity contribution in [1.82, 2.24) is 0 Å². The van der Waals surface area contributed by atoms with Gasteiger partial charge in [0.2, 0.25) is 11.8 Å². The van der Waals surface area contributed by atoms with Gasteiger partial charge in [0.15, 0.2) is 0 Å². The van der Waals surface area contributed by atoms with Crippen LogP contribution in [0, 0.1) is 6.92 Å². The Kier molecular flexibility index (Phi) is 3.68. The fraction of sp³-hybridized carbons (Fsp3) is 0.200. The number of hydrogen-bond donors (Lipinski definition) is 2. The fourth-order valence-corrected chi connectivity index (χ4v) is 1.29. The number of anilines is 1. The average Bonchev–Trinajstić information content (AvgIpc) is 2.20. The van der Waals surface area contributed by atoms with Gasteiger partial charge in [0.1, 0.15) is 5.88 Å². The molecular weight excluding hydrogens is 216 g/mol. The van der Waals surface area contributed by atoms with Gasteiger partial charge in [0.25, 0.3) is 0 Å². The van der Waals surface area contributed by atoms with Crippen LogP contribution >= 0.6 is 11.6 Å². The van der Waals surface area contributed by atoms with E-state index in [9.17, 15) is 9.59 Å². The van der Waals surface area contributed by atoms with E-state index < -0.39 is 5.91 Å². The molecule has 0 fully saturated rings. The van der Waals surface area contributed by atoms with Crippen molar-refractivity contribution in [1.29, 1.82) is 0 Å². The van der Waals surface area contributed by atoms with Crippen molar-refractivity contribution in [2.24, 2.45) is 5.73 Å². The van der Waals surface area contributed by atoms with Crippen molar-refractivity contribution in [2.45, 2.75) is 6.92 Å². The second-order valence-corrected chi connectivity index (χ2v) is 3.29. The maximum atomic E-state index is 11.1. The Balaban J connectivity index is 3.04. The summed E-state index contributed by atoms with van der Waals surface area (Å²) in [6, 6.07) is 4.94. The molecule has 80 valence electrons. The Bertz CT molecular complexity index is 404. The molecule has 0 aromatic heterocycles. The number of benzene rings is 1. The van der Waals surface area contributed by atoms with Crippen molar-refractivity contribution in [3.8, 4) is 0 Å². The van der Waals surface area contributed by atoms with E-state index >= 15 is 0 Å². The molecule has 4 nitrogen and oxygen atoms in total. The molecule has 2 amide bonds.